The second kappa shape index (κ2) is 4.97. The number of rotatable bonds is 3. The molecule has 17 heavy (non-hydrogen) atoms. The second-order valence-corrected chi connectivity index (χ2v) is 6.11. The first kappa shape index (κ1) is 11.5. The van der Waals surface area contributed by atoms with Crippen molar-refractivity contribution in [1.29, 1.82) is 0 Å². The lowest BCUT2D eigenvalue weighted by molar-refractivity contribution is -0.129. The Hall–Kier alpha value is -0.570. The molecule has 3 rings (SSSR count). The molecular formula is C14H24N2O. The summed E-state index contributed by atoms with van der Waals surface area (Å²) >= 11 is 0. The third-order valence-corrected chi connectivity index (χ3v) is 4.98. The third-order valence-electron chi connectivity index (χ3n) is 4.98. The predicted molar refractivity (Wildman–Crippen MR) is 67.7 cm³/mol. The molecule has 3 heteroatoms. The minimum absolute atomic E-state index is 0.339. The van der Waals surface area contributed by atoms with Gasteiger partial charge in [0, 0.05) is 19.1 Å². The molecule has 0 aromatic carbocycles. The highest BCUT2D eigenvalue weighted by molar-refractivity contribution is 5.78. The van der Waals surface area contributed by atoms with E-state index in [0.717, 1.165) is 24.9 Å². The lowest BCUT2D eigenvalue weighted by Gasteiger charge is -2.19. The summed E-state index contributed by atoms with van der Waals surface area (Å²) in [7, 11) is 0. The fourth-order valence-corrected chi connectivity index (χ4v) is 3.91. The van der Waals surface area contributed by atoms with Gasteiger partial charge in [-0.3, -0.25) is 4.79 Å². The Morgan fingerprint density at radius 2 is 1.65 bits per heavy atom. The molecule has 0 radical (unpaired) electrons. The van der Waals surface area contributed by atoms with Crippen molar-refractivity contribution in [1.82, 2.24) is 10.2 Å². The maximum atomic E-state index is 12.1. The van der Waals surface area contributed by atoms with Gasteiger partial charge in [0.05, 0.1) is 6.54 Å². The highest BCUT2D eigenvalue weighted by Gasteiger charge is 2.37. The number of amides is 1. The summed E-state index contributed by atoms with van der Waals surface area (Å²) in [6, 6.07) is 0.612. The van der Waals surface area contributed by atoms with Gasteiger partial charge >= 0.3 is 0 Å². The molecule has 2 aliphatic carbocycles. The summed E-state index contributed by atoms with van der Waals surface area (Å²) in [5, 5.41) is 3.43. The molecule has 1 aliphatic heterocycles. The van der Waals surface area contributed by atoms with Crippen LogP contribution in [0.4, 0.5) is 0 Å². The van der Waals surface area contributed by atoms with Gasteiger partial charge in [0.1, 0.15) is 0 Å². The van der Waals surface area contributed by atoms with Gasteiger partial charge in [-0.05, 0) is 37.5 Å². The number of nitrogens with one attached hydrogen (secondary N) is 1. The normalized spacial score (nSPS) is 33.3. The summed E-state index contributed by atoms with van der Waals surface area (Å²) in [4.78, 5) is 14.2. The van der Waals surface area contributed by atoms with Gasteiger partial charge in [0.15, 0.2) is 0 Å². The van der Waals surface area contributed by atoms with Crippen molar-refractivity contribution in [3.63, 3.8) is 0 Å². The van der Waals surface area contributed by atoms with Crippen LogP contribution in [0.15, 0.2) is 0 Å². The van der Waals surface area contributed by atoms with Crippen LogP contribution >= 0.6 is 0 Å². The molecule has 3 aliphatic rings. The molecule has 1 heterocycles. The molecule has 2 atom stereocenters. The first-order valence-corrected chi connectivity index (χ1v) is 7.34. The zero-order valence-electron chi connectivity index (χ0n) is 10.7. The van der Waals surface area contributed by atoms with Crippen molar-refractivity contribution in [2.45, 2.75) is 51.0 Å². The molecule has 3 nitrogen and oxygen atoms in total. The molecule has 0 aromatic rings. The van der Waals surface area contributed by atoms with Crippen molar-refractivity contribution in [3.8, 4) is 0 Å². The molecule has 1 N–H and O–H groups in total. The van der Waals surface area contributed by atoms with Gasteiger partial charge in [-0.1, -0.05) is 19.3 Å². The van der Waals surface area contributed by atoms with E-state index in [1.54, 1.807) is 0 Å². The minimum Gasteiger partial charge on any atom is -0.341 e. The third kappa shape index (κ3) is 2.49. The number of fused-ring (bicyclic) bond motifs is 1. The van der Waals surface area contributed by atoms with E-state index in [-0.39, 0.29) is 0 Å². The molecular weight excluding hydrogens is 212 g/mol. The van der Waals surface area contributed by atoms with Gasteiger partial charge in [0.2, 0.25) is 5.91 Å². The van der Waals surface area contributed by atoms with Crippen molar-refractivity contribution in [2.24, 2.45) is 11.8 Å². The Balaban J connectivity index is 1.43. The monoisotopic (exact) mass is 236 g/mol. The van der Waals surface area contributed by atoms with E-state index in [4.69, 9.17) is 0 Å². The Labute approximate surface area is 104 Å². The number of nitrogens with zero attached hydrogens (tertiary/aromatic N) is 1. The Bertz CT molecular complexity index is 274. The number of likely N-dealkylation sites (tertiary alicyclic amines) is 1. The van der Waals surface area contributed by atoms with Crippen LogP contribution in [0.1, 0.15) is 44.9 Å². The van der Waals surface area contributed by atoms with Crippen molar-refractivity contribution < 1.29 is 4.79 Å². The van der Waals surface area contributed by atoms with Crippen molar-refractivity contribution in [3.05, 3.63) is 0 Å². The summed E-state index contributed by atoms with van der Waals surface area (Å²) < 4.78 is 0. The standard InChI is InChI=1S/C14H24N2O/c17-14(8-15-13-6-1-2-7-13)16-9-11-4-3-5-12(11)10-16/h11-13,15H,1-10H2. The molecule has 1 amide bonds. The van der Waals surface area contributed by atoms with Crippen molar-refractivity contribution >= 4 is 5.91 Å². The quantitative estimate of drug-likeness (QED) is 0.810. The molecule has 0 bridgehead atoms. The van der Waals surface area contributed by atoms with Gasteiger partial charge < -0.3 is 10.2 Å². The summed E-state index contributed by atoms with van der Waals surface area (Å²) in [6.07, 6.45) is 9.28. The molecule has 1 saturated heterocycles. The zero-order valence-corrected chi connectivity index (χ0v) is 10.7. The first-order valence-electron chi connectivity index (χ1n) is 7.34. The minimum atomic E-state index is 0.339. The number of hydrogen-bond acceptors (Lipinski definition) is 2. The smallest absolute Gasteiger partial charge is 0.236 e. The summed E-state index contributed by atoms with van der Waals surface area (Å²) in [5.41, 5.74) is 0. The fourth-order valence-electron chi connectivity index (χ4n) is 3.91. The van der Waals surface area contributed by atoms with Crippen LogP contribution in [-0.4, -0.2) is 36.5 Å². The van der Waals surface area contributed by atoms with E-state index in [2.05, 4.69) is 10.2 Å². The van der Waals surface area contributed by atoms with E-state index in [1.165, 1.54) is 44.9 Å². The van der Waals surface area contributed by atoms with Crippen LogP contribution in [0.3, 0.4) is 0 Å². The molecule has 0 aromatic heterocycles. The zero-order chi connectivity index (χ0) is 11.7. The highest BCUT2D eigenvalue weighted by Crippen LogP contribution is 2.37. The van der Waals surface area contributed by atoms with E-state index in [9.17, 15) is 4.79 Å². The van der Waals surface area contributed by atoms with Crippen LogP contribution in [0, 0.1) is 11.8 Å². The van der Waals surface area contributed by atoms with Gasteiger partial charge in [-0.25, -0.2) is 0 Å². The average Bonchev–Trinajstić information content (AvgIpc) is 3.01. The second-order valence-electron chi connectivity index (χ2n) is 6.11. The average molecular weight is 236 g/mol. The van der Waals surface area contributed by atoms with Crippen LogP contribution in [-0.2, 0) is 4.79 Å². The summed E-state index contributed by atoms with van der Waals surface area (Å²) in [6.45, 7) is 2.65. The SMILES string of the molecule is O=C(CNC1CCCC1)N1CC2CCCC2C1. The first-order chi connectivity index (χ1) is 8.33. The Morgan fingerprint density at radius 1 is 1.00 bits per heavy atom. The van der Waals surface area contributed by atoms with E-state index >= 15 is 0 Å². The number of carbonyl (C=O) groups excluding carboxylic acids is 1. The fraction of sp³-hybridized carbons (Fsp3) is 0.929. The lowest BCUT2D eigenvalue weighted by atomic mass is 10.0. The molecule has 3 fully saturated rings. The number of carbonyl (C=O) groups is 1. The van der Waals surface area contributed by atoms with E-state index in [1.807, 2.05) is 0 Å². The van der Waals surface area contributed by atoms with E-state index < -0.39 is 0 Å². The Morgan fingerprint density at radius 3 is 2.29 bits per heavy atom. The molecule has 0 spiro atoms. The topological polar surface area (TPSA) is 32.3 Å². The van der Waals surface area contributed by atoms with Gasteiger partial charge in [-0.2, -0.15) is 0 Å². The molecule has 2 saturated carbocycles. The predicted octanol–water partition coefficient (Wildman–Crippen LogP) is 1.78. The highest BCUT2D eigenvalue weighted by atomic mass is 16.2. The van der Waals surface area contributed by atoms with Gasteiger partial charge in [-0.15, -0.1) is 0 Å². The maximum Gasteiger partial charge on any atom is 0.236 e. The van der Waals surface area contributed by atoms with Crippen LogP contribution in [0.2, 0.25) is 0 Å². The maximum absolute atomic E-state index is 12.1. The lowest BCUT2D eigenvalue weighted by Crippen LogP contribution is -2.40. The summed E-state index contributed by atoms with van der Waals surface area (Å²) in [5.74, 6) is 1.99. The molecule has 96 valence electrons. The van der Waals surface area contributed by atoms with Crippen LogP contribution < -0.4 is 5.32 Å². The molecule has 2 unspecified atom stereocenters. The number of hydrogen-bond donors (Lipinski definition) is 1. The van der Waals surface area contributed by atoms with E-state index in [0.29, 0.717) is 18.5 Å². The van der Waals surface area contributed by atoms with Crippen LogP contribution in [0.25, 0.3) is 0 Å². The van der Waals surface area contributed by atoms with Gasteiger partial charge in [0.25, 0.3) is 0 Å². The van der Waals surface area contributed by atoms with Crippen LogP contribution in [0.5, 0.6) is 0 Å². The largest absolute Gasteiger partial charge is 0.341 e. The Kier molecular flexibility index (Phi) is 3.37. The van der Waals surface area contributed by atoms with Crippen molar-refractivity contribution in [2.75, 3.05) is 19.6 Å².